The molecule has 1 heterocycles. The molecule has 3 nitrogen and oxygen atoms in total. The van der Waals surface area contributed by atoms with Gasteiger partial charge in [-0.25, -0.2) is 5.01 Å². The van der Waals surface area contributed by atoms with Crippen LogP contribution in [0.15, 0.2) is 6.07 Å². The highest BCUT2D eigenvalue weighted by molar-refractivity contribution is 7.14. The van der Waals surface area contributed by atoms with Gasteiger partial charge in [-0.1, -0.05) is 20.8 Å². The molecule has 1 aromatic heterocycles. The number of fused-ring (bicyclic) bond motifs is 1. The summed E-state index contributed by atoms with van der Waals surface area (Å²) in [6.07, 6.45) is 3.48. The number of hydrogen-bond acceptors (Lipinski definition) is 3. The number of nitrogens with zero attached hydrogens (tertiary/aromatic N) is 1. The van der Waals surface area contributed by atoms with E-state index < -0.39 is 0 Å². The molecule has 4 heteroatoms. The maximum absolute atomic E-state index is 12.0. The molecule has 0 saturated carbocycles. The molecule has 0 bridgehead atoms. The topological polar surface area (TPSA) is 32.3 Å². The molecule has 106 valence electrons. The van der Waals surface area contributed by atoms with E-state index >= 15 is 0 Å². The van der Waals surface area contributed by atoms with Crippen molar-refractivity contribution >= 4 is 17.2 Å². The molecule has 1 aromatic rings. The smallest absolute Gasteiger partial charge is 0.275 e. The van der Waals surface area contributed by atoms with Gasteiger partial charge in [0.2, 0.25) is 0 Å². The minimum absolute atomic E-state index is 0.0108. The van der Waals surface area contributed by atoms with Crippen LogP contribution in [-0.2, 0) is 12.8 Å². The third kappa shape index (κ3) is 3.37. The molecular formula is C15H24N2OS. The molecule has 1 N–H and O–H groups in total. The van der Waals surface area contributed by atoms with E-state index in [1.54, 1.807) is 16.3 Å². The minimum atomic E-state index is 0.0108. The van der Waals surface area contributed by atoms with Gasteiger partial charge >= 0.3 is 0 Å². The predicted molar refractivity (Wildman–Crippen MR) is 80.4 cm³/mol. The lowest BCUT2D eigenvalue weighted by molar-refractivity contribution is 0.0861. The quantitative estimate of drug-likeness (QED) is 0.844. The van der Waals surface area contributed by atoms with Crippen molar-refractivity contribution in [2.24, 2.45) is 11.3 Å². The second-order valence-corrected chi connectivity index (χ2v) is 7.84. The number of carbonyl (C=O) groups excluding carboxylic acids is 1. The van der Waals surface area contributed by atoms with Crippen molar-refractivity contribution in [2.75, 3.05) is 14.1 Å². The first kappa shape index (κ1) is 14.5. The molecule has 0 radical (unpaired) electrons. The van der Waals surface area contributed by atoms with E-state index in [9.17, 15) is 4.79 Å². The largest absolute Gasteiger partial charge is 0.285 e. The van der Waals surface area contributed by atoms with Gasteiger partial charge in [-0.15, -0.1) is 11.3 Å². The first-order valence-electron chi connectivity index (χ1n) is 6.87. The fourth-order valence-corrected chi connectivity index (χ4v) is 3.73. The van der Waals surface area contributed by atoms with Crippen molar-refractivity contribution in [1.29, 1.82) is 0 Å². The molecule has 0 saturated heterocycles. The molecule has 0 unspecified atom stereocenters. The van der Waals surface area contributed by atoms with E-state index in [-0.39, 0.29) is 5.91 Å². The lowest BCUT2D eigenvalue weighted by Gasteiger charge is -2.33. The van der Waals surface area contributed by atoms with Crippen molar-refractivity contribution in [3.05, 3.63) is 21.4 Å². The number of aryl methyl sites for hydroxylation is 1. The van der Waals surface area contributed by atoms with E-state index in [1.165, 1.54) is 16.9 Å². The van der Waals surface area contributed by atoms with Crippen molar-refractivity contribution < 1.29 is 4.79 Å². The molecule has 2 rings (SSSR count). The zero-order valence-corrected chi connectivity index (χ0v) is 13.4. The average Bonchev–Trinajstić information content (AvgIpc) is 2.69. The third-order valence-corrected chi connectivity index (χ3v) is 5.09. The lowest BCUT2D eigenvalue weighted by atomic mass is 9.72. The van der Waals surface area contributed by atoms with Gasteiger partial charge in [-0.3, -0.25) is 10.2 Å². The predicted octanol–water partition coefficient (Wildman–Crippen LogP) is 3.11. The third-order valence-electron chi connectivity index (χ3n) is 3.86. The molecule has 0 aliphatic heterocycles. The summed E-state index contributed by atoms with van der Waals surface area (Å²) in [6, 6.07) is 2.09. The first-order chi connectivity index (χ1) is 8.77. The Labute approximate surface area is 120 Å². The van der Waals surface area contributed by atoms with Crippen LogP contribution in [0, 0.1) is 11.3 Å². The van der Waals surface area contributed by atoms with Crippen LogP contribution in [-0.4, -0.2) is 25.0 Å². The zero-order chi connectivity index (χ0) is 14.2. The highest BCUT2D eigenvalue weighted by atomic mass is 32.1. The standard InChI is InChI=1S/C15H24N2OS/c1-15(2,3)11-6-7-12-10(8-11)9-13(19-12)14(18)16-17(4)5/h9,11H,6-8H2,1-5H3,(H,16,18)/t11-/m1/s1. The number of hydrazine groups is 1. The van der Waals surface area contributed by atoms with Gasteiger partial charge in [0.05, 0.1) is 4.88 Å². The van der Waals surface area contributed by atoms with Gasteiger partial charge in [-0.2, -0.15) is 0 Å². The monoisotopic (exact) mass is 280 g/mol. The minimum Gasteiger partial charge on any atom is -0.285 e. The maximum atomic E-state index is 12.0. The van der Waals surface area contributed by atoms with E-state index in [2.05, 4.69) is 32.3 Å². The second kappa shape index (κ2) is 5.25. The number of carbonyl (C=O) groups is 1. The fraction of sp³-hybridized carbons (Fsp3) is 0.667. The highest BCUT2D eigenvalue weighted by Gasteiger charge is 2.30. The second-order valence-electron chi connectivity index (χ2n) is 6.70. The Hall–Kier alpha value is -0.870. The molecule has 0 fully saturated rings. The number of nitrogens with one attached hydrogen (secondary N) is 1. The van der Waals surface area contributed by atoms with Gasteiger partial charge in [-0.05, 0) is 42.2 Å². The Morgan fingerprint density at radius 2 is 2.11 bits per heavy atom. The van der Waals surface area contributed by atoms with Crippen LogP contribution in [0.3, 0.4) is 0 Å². The number of hydrogen-bond donors (Lipinski definition) is 1. The van der Waals surface area contributed by atoms with E-state index in [1.807, 2.05) is 14.1 Å². The van der Waals surface area contributed by atoms with Crippen LogP contribution < -0.4 is 5.43 Å². The van der Waals surface area contributed by atoms with Gasteiger partial charge in [0.25, 0.3) is 5.91 Å². The van der Waals surface area contributed by atoms with E-state index in [4.69, 9.17) is 0 Å². The van der Waals surface area contributed by atoms with Crippen molar-refractivity contribution in [2.45, 2.75) is 40.0 Å². The summed E-state index contributed by atoms with van der Waals surface area (Å²) >= 11 is 1.66. The van der Waals surface area contributed by atoms with Gasteiger partial charge in [0.15, 0.2) is 0 Å². The summed E-state index contributed by atoms with van der Waals surface area (Å²) in [5, 5.41) is 1.69. The molecule has 1 amide bonds. The Morgan fingerprint density at radius 3 is 2.68 bits per heavy atom. The summed E-state index contributed by atoms with van der Waals surface area (Å²) in [4.78, 5) is 14.3. The van der Waals surface area contributed by atoms with E-state index in [0.29, 0.717) is 5.41 Å². The molecule has 19 heavy (non-hydrogen) atoms. The summed E-state index contributed by atoms with van der Waals surface area (Å²) in [5.41, 5.74) is 4.56. The summed E-state index contributed by atoms with van der Waals surface area (Å²) in [5.74, 6) is 0.732. The van der Waals surface area contributed by atoms with Crippen LogP contribution in [0.5, 0.6) is 0 Å². The van der Waals surface area contributed by atoms with Crippen LogP contribution >= 0.6 is 11.3 Å². The number of thiophene rings is 1. The molecule has 1 atom stereocenters. The summed E-state index contributed by atoms with van der Waals surface area (Å²) < 4.78 is 0. The Morgan fingerprint density at radius 1 is 1.42 bits per heavy atom. The summed E-state index contributed by atoms with van der Waals surface area (Å²) in [6.45, 7) is 6.94. The first-order valence-corrected chi connectivity index (χ1v) is 7.69. The number of rotatable bonds is 2. The van der Waals surface area contributed by atoms with E-state index in [0.717, 1.165) is 23.6 Å². The van der Waals surface area contributed by atoms with Crippen molar-refractivity contribution in [3.63, 3.8) is 0 Å². The average molecular weight is 280 g/mol. The van der Waals surface area contributed by atoms with Crippen LogP contribution in [0.1, 0.15) is 47.3 Å². The summed E-state index contributed by atoms with van der Waals surface area (Å²) in [7, 11) is 3.67. The fourth-order valence-electron chi connectivity index (χ4n) is 2.63. The van der Waals surface area contributed by atoms with Crippen LogP contribution in [0.2, 0.25) is 0 Å². The van der Waals surface area contributed by atoms with Crippen molar-refractivity contribution in [1.82, 2.24) is 10.4 Å². The highest BCUT2D eigenvalue weighted by Crippen LogP contribution is 2.40. The lowest BCUT2D eigenvalue weighted by Crippen LogP contribution is -2.35. The zero-order valence-electron chi connectivity index (χ0n) is 12.5. The Balaban J connectivity index is 2.15. The van der Waals surface area contributed by atoms with Gasteiger partial charge in [0, 0.05) is 19.0 Å². The van der Waals surface area contributed by atoms with Gasteiger partial charge in [0.1, 0.15) is 0 Å². The molecule has 1 aliphatic rings. The Kier molecular flexibility index (Phi) is 4.02. The van der Waals surface area contributed by atoms with Crippen molar-refractivity contribution in [3.8, 4) is 0 Å². The van der Waals surface area contributed by atoms with Gasteiger partial charge < -0.3 is 0 Å². The SMILES string of the molecule is CN(C)NC(=O)c1cc2c(s1)CC[C@@H](C(C)(C)C)C2. The van der Waals surface area contributed by atoms with Crippen LogP contribution in [0.4, 0.5) is 0 Å². The normalized spacial score (nSPS) is 19.4. The molecule has 0 spiro atoms. The molecule has 0 aromatic carbocycles. The van der Waals surface area contributed by atoms with Crippen LogP contribution in [0.25, 0.3) is 0 Å². The Bertz CT molecular complexity index is 471. The molecular weight excluding hydrogens is 256 g/mol. The molecule has 1 aliphatic carbocycles. The number of amides is 1. The maximum Gasteiger partial charge on any atom is 0.275 e.